The highest BCUT2D eigenvalue weighted by molar-refractivity contribution is 5.95. The first-order valence-corrected chi connectivity index (χ1v) is 7.24. The van der Waals surface area contributed by atoms with E-state index in [1.807, 2.05) is 37.3 Å². The van der Waals surface area contributed by atoms with Gasteiger partial charge in [0.25, 0.3) is 5.91 Å². The van der Waals surface area contributed by atoms with E-state index in [-0.39, 0.29) is 11.6 Å². The molecule has 0 unspecified atom stereocenters. The zero-order valence-electron chi connectivity index (χ0n) is 12.3. The van der Waals surface area contributed by atoms with E-state index in [4.69, 9.17) is 0 Å². The first-order chi connectivity index (χ1) is 10.6. The van der Waals surface area contributed by atoms with Crippen molar-refractivity contribution in [2.24, 2.45) is 0 Å². The number of rotatable bonds is 3. The van der Waals surface area contributed by atoms with Crippen LogP contribution in [-0.4, -0.2) is 44.3 Å². The van der Waals surface area contributed by atoms with Crippen LogP contribution < -0.4 is 0 Å². The molecular weight excluding hydrogens is 282 g/mol. The topological polar surface area (TPSA) is 75.4 Å². The molecule has 0 bridgehead atoms. The number of para-hydroxylation sites is 1. The number of aryl methyl sites for hydroxylation is 1. The summed E-state index contributed by atoms with van der Waals surface area (Å²) in [7, 11) is 0. The molecule has 114 valence electrons. The van der Waals surface area contributed by atoms with Crippen molar-refractivity contribution < 1.29 is 14.7 Å². The molecule has 0 saturated carbocycles. The molecule has 1 N–H and O–H groups in total. The Kier molecular flexibility index (Phi) is 3.66. The smallest absolute Gasteiger partial charge is 0.326 e. The lowest BCUT2D eigenvalue weighted by molar-refractivity contribution is -0.141. The van der Waals surface area contributed by atoms with Crippen LogP contribution in [0, 0.1) is 6.92 Å². The van der Waals surface area contributed by atoms with Crippen LogP contribution >= 0.6 is 0 Å². The normalized spacial score (nSPS) is 17.7. The van der Waals surface area contributed by atoms with Crippen molar-refractivity contribution in [2.75, 3.05) is 6.54 Å². The Morgan fingerprint density at radius 1 is 1.27 bits per heavy atom. The van der Waals surface area contributed by atoms with Crippen LogP contribution in [0.4, 0.5) is 0 Å². The monoisotopic (exact) mass is 299 g/mol. The Balaban J connectivity index is 1.90. The lowest BCUT2D eigenvalue weighted by Gasteiger charge is -2.20. The molecule has 2 aromatic rings. The van der Waals surface area contributed by atoms with E-state index < -0.39 is 12.0 Å². The number of aromatic nitrogens is 2. The van der Waals surface area contributed by atoms with Gasteiger partial charge in [-0.3, -0.25) is 4.79 Å². The van der Waals surface area contributed by atoms with Crippen molar-refractivity contribution in [3.8, 4) is 5.69 Å². The number of amides is 1. The van der Waals surface area contributed by atoms with Crippen LogP contribution in [0.1, 0.15) is 29.0 Å². The lowest BCUT2D eigenvalue weighted by Crippen LogP contribution is -2.40. The molecule has 0 radical (unpaired) electrons. The average molecular weight is 299 g/mol. The van der Waals surface area contributed by atoms with Gasteiger partial charge in [0.15, 0.2) is 5.69 Å². The van der Waals surface area contributed by atoms with Gasteiger partial charge in [-0.25, -0.2) is 9.48 Å². The minimum atomic E-state index is -0.954. The zero-order valence-corrected chi connectivity index (χ0v) is 12.3. The number of carboxylic acids is 1. The Morgan fingerprint density at radius 3 is 2.68 bits per heavy atom. The molecule has 6 heteroatoms. The van der Waals surface area contributed by atoms with Crippen LogP contribution in [0.15, 0.2) is 36.4 Å². The van der Waals surface area contributed by atoms with E-state index in [1.165, 1.54) is 4.90 Å². The third-order valence-corrected chi connectivity index (χ3v) is 3.91. The van der Waals surface area contributed by atoms with Crippen LogP contribution in [0.3, 0.4) is 0 Å². The second kappa shape index (κ2) is 5.63. The molecule has 22 heavy (non-hydrogen) atoms. The minimum Gasteiger partial charge on any atom is -0.480 e. The van der Waals surface area contributed by atoms with Gasteiger partial charge in [-0.05, 0) is 38.0 Å². The summed E-state index contributed by atoms with van der Waals surface area (Å²) < 4.78 is 1.69. The molecule has 1 aromatic carbocycles. The number of hydrogen-bond donors (Lipinski definition) is 1. The predicted molar refractivity (Wildman–Crippen MR) is 80.0 cm³/mol. The van der Waals surface area contributed by atoms with Crippen molar-refractivity contribution >= 4 is 11.9 Å². The highest BCUT2D eigenvalue weighted by atomic mass is 16.4. The molecule has 1 aromatic heterocycles. The number of carbonyl (C=O) groups is 2. The predicted octanol–water partition coefficient (Wildman–Crippen LogP) is 1.87. The number of nitrogens with zero attached hydrogens (tertiary/aromatic N) is 3. The number of carbonyl (C=O) groups excluding carboxylic acids is 1. The Morgan fingerprint density at radius 2 is 2.00 bits per heavy atom. The van der Waals surface area contributed by atoms with Crippen molar-refractivity contribution in [2.45, 2.75) is 25.8 Å². The maximum absolute atomic E-state index is 12.5. The first kappa shape index (κ1) is 14.3. The van der Waals surface area contributed by atoms with Gasteiger partial charge in [0.2, 0.25) is 0 Å². The van der Waals surface area contributed by atoms with Gasteiger partial charge in [0.1, 0.15) is 6.04 Å². The molecule has 0 spiro atoms. The highest BCUT2D eigenvalue weighted by Gasteiger charge is 2.35. The molecule has 1 amide bonds. The van der Waals surface area contributed by atoms with Gasteiger partial charge in [0.05, 0.1) is 5.69 Å². The van der Waals surface area contributed by atoms with Gasteiger partial charge in [0, 0.05) is 12.2 Å². The fourth-order valence-corrected chi connectivity index (χ4v) is 2.82. The van der Waals surface area contributed by atoms with Crippen molar-refractivity contribution in [1.29, 1.82) is 0 Å². The molecule has 2 heterocycles. The molecule has 1 saturated heterocycles. The summed E-state index contributed by atoms with van der Waals surface area (Å²) in [5, 5.41) is 13.5. The van der Waals surface area contributed by atoms with E-state index in [0.29, 0.717) is 19.4 Å². The van der Waals surface area contributed by atoms with E-state index in [2.05, 4.69) is 5.10 Å². The third kappa shape index (κ3) is 2.47. The van der Waals surface area contributed by atoms with Crippen molar-refractivity contribution in [3.05, 3.63) is 47.8 Å². The van der Waals surface area contributed by atoms with Crippen LogP contribution in [0.5, 0.6) is 0 Å². The quantitative estimate of drug-likeness (QED) is 0.938. The number of carboxylic acid groups (broad SMARTS) is 1. The molecular formula is C16H17N3O3. The van der Waals surface area contributed by atoms with Gasteiger partial charge < -0.3 is 10.0 Å². The second-order valence-corrected chi connectivity index (χ2v) is 5.41. The highest BCUT2D eigenvalue weighted by Crippen LogP contribution is 2.21. The summed E-state index contributed by atoms with van der Waals surface area (Å²) in [6.07, 6.45) is 1.21. The van der Waals surface area contributed by atoms with Crippen LogP contribution in [0.2, 0.25) is 0 Å². The number of benzene rings is 1. The summed E-state index contributed by atoms with van der Waals surface area (Å²) in [5.74, 6) is -1.27. The number of hydrogen-bond acceptors (Lipinski definition) is 3. The third-order valence-electron chi connectivity index (χ3n) is 3.91. The maximum atomic E-state index is 12.5. The molecule has 0 aliphatic carbocycles. The molecule has 1 fully saturated rings. The summed E-state index contributed by atoms with van der Waals surface area (Å²) in [6.45, 7) is 2.34. The summed E-state index contributed by atoms with van der Waals surface area (Å²) in [6, 6.07) is 10.5. The summed E-state index contributed by atoms with van der Waals surface area (Å²) in [5.41, 5.74) is 1.99. The largest absolute Gasteiger partial charge is 0.480 e. The molecule has 1 aliphatic rings. The fraction of sp³-hybridized carbons (Fsp3) is 0.312. The summed E-state index contributed by atoms with van der Waals surface area (Å²) in [4.78, 5) is 25.2. The van der Waals surface area contributed by atoms with Gasteiger partial charge in [-0.1, -0.05) is 18.2 Å². The average Bonchev–Trinajstić information content (AvgIpc) is 3.14. The van der Waals surface area contributed by atoms with Gasteiger partial charge in [-0.15, -0.1) is 0 Å². The van der Waals surface area contributed by atoms with Gasteiger partial charge in [-0.2, -0.15) is 5.10 Å². The Bertz CT molecular complexity index is 709. The van der Waals surface area contributed by atoms with Crippen LogP contribution in [0.25, 0.3) is 5.69 Å². The van der Waals surface area contributed by atoms with E-state index in [1.54, 1.807) is 10.7 Å². The minimum absolute atomic E-state index is 0.287. The number of likely N-dealkylation sites (tertiary alicyclic amines) is 1. The lowest BCUT2D eigenvalue weighted by atomic mass is 10.2. The van der Waals surface area contributed by atoms with Crippen molar-refractivity contribution in [3.63, 3.8) is 0 Å². The molecule has 1 atom stereocenters. The van der Waals surface area contributed by atoms with E-state index in [9.17, 15) is 14.7 Å². The molecule has 3 rings (SSSR count). The van der Waals surface area contributed by atoms with Crippen LogP contribution in [-0.2, 0) is 4.79 Å². The molecule has 1 aliphatic heterocycles. The SMILES string of the molecule is Cc1cc(C(=O)N2CCC[C@@H]2C(=O)O)nn1-c1ccccc1. The standard InChI is InChI=1S/C16H17N3O3/c1-11-10-13(17-19(11)12-6-3-2-4-7-12)15(20)18-9-5-8-14(18)16(21)22/h2-4,6-7,10,14H,5,8-9H2,1H3,(H,21,22)/t14-/m1/s1. The first-order valence-electron chi connectivity index (χ1n) is 7.24. The maximum Gasteiger partial charge on any atom is 0.326 e. The Hall–Kier alpha value is -2.63. The van der Waals surface area contributed by atoms with E-state index >= 15 is 0 Å². The van der Waals surface area contributed by atoms with E-state index in [0.717, 1.165) is 11.4 Å². The summed E-state index contributed by atoms with van der Waals surface area (Å²) >= 11 is 0. The fourth-order valence-electron chi connectivity index (χ4n) is 2.82. The Labute approximate surface area is 128 Å². The van der Waals surface area contributed by atoms with Gasteiger partial charge >= 0.3 is 5.97 Å². The zero-order chi connectivity index (χ0) is 15.7. The second-order valence-electron chi connectivity index (χ2n) is 5.41. The van der Waals surface area contributed by atoms with Crippen molar-refractivity contribution in [1.82, 2.24) is 14.7 Å². The number of aliphatic carboxylic acids is 1. The molecule has 6 nitrogen and oxygen atoms in total.